The topological polar surface area (TPSA) is 120 Å². The molecule has 3 amide bonds. The van der Waals surface area contributed by atoms with Gasteiger partial charge >= 0.3 is 0 Å². The van der Waals surface area contributed by atoms with E-state index in [2.05, 4.69) is 29.4 Å². The average molecular weight is 607 g/mol. The molecule has 3 N–H and O–H groups in total. The van der Waals surface area contributed by atoms with Crippen molar-refractivity contribution < 1.29 is 29.0 Å². The van der Waals surface area contributed by atoms with Gasteiger partial charge in [-0.25, -0.2) is 0 Å². The Labute approximate surface area is 260 Å². The Morgan fingerprint density at radius 3 is 2.20 bits per heavy atom. The zero-order valence-corrected chi connectivity index (χ0v) is 26.4. The minimum atomic E-state index is -1.16. The lowest BCUT2D eigenvalue weighted by Crippen LogP contribution is -2.57. The molecule has 0 radical (unpaired) electrons. The Morgan fingerprint density at radius 2 is 1.64 bits per heavy atom. The highest BCUT2D eigenvalue weighted by atomic mass is 16.5. The van der Waals surface area contributed by atoms with E-state index in [1.165, 1.54) is 4.90 Å². The maximum atomic E-state index is 14.4. The predicted molar refractivity (Wildman–Crippen MR) is 170 cm³/mol. The van der Waals surface area contributed by atoms with Gasteiger partial charge in [-0.3, -0.25) is 14.4 Å². The van der Waals surface area contributed by atoms with Crippen molar-refractivity contribution in [1.29, 1.82) is 0 Å². The summed E-state index contributed by atoms with van der Waals surface area (Å²) in [6.07, 6.45) is 1.27. The van der Waals surface area contributed by atoms with Crippen LogP contribution >= 0.6 is 0 Å². The summed E-state index contributed by atoms with van der Waals surface area (Å²) >= 11 is 0. The van der Waals surface area contributed by atoms with Crippen molar-refractivity contribution in [3.05, 3.63) is 48.5 Å². The summed E-state index contributed by atoms with van der Waals surface area (Å²) in [5.41, 5.74) is 1.10. The van der Waals surface area contributed by atoms with Crippen molar-refractivity contribution >= 4 is 34.8 Å². The van der Waals surface area contributed by atoms with Crippen molar-refractivity contribution in [2.24, 2.45) is 17.8 Å². The van der Waals surface area contributed by atoms with Gasteiger partial charge in [-0.2, -0.15) is 0 Å². The molecule has 3 fully saturated rings. The number of rotatable bonds is 13. The summed E-state index contributed by atoms with van der Waals surface area (Å²) < 4.78 is 12.1. The van der Waals surface area contributed by atoms with E-state index in [1.54, 1.807) is 24.3 Å². The zero-order valence-electron chi connectivity index (χ0n) is 26.4. The number of aliphatic hydroxyl groups is 1. The second-order valence-electron chi connectivity index (χ2n) is 12.1. The second-order valence-corrected chi connectivity index (χ2v) is 12.1. The number of likely N-dealkylation sites (tertiary alicyclic amines) is 1. The summed E-state index contributed by atoms with van der Waals surface area (Å²) in [6.45, 7) is 12.0. The maximum absolute atomic E-state index is 14.4. The number of amides is 3. The van der Waals surface area contributed by atoms with Crippen LogP contribution in [0.2, 0.25) is 0 Å². The Kier molecular flexibility index (Phi) is 9.51. The number of fused-ring (bicyclic) bond motifs is 1. The van der Waals surface area contributed by atoms with Crippen molar-refractivity contribution in [2.75, 3.05) is 41.8 Å². The van der Waals surface area contributed by atoms with Gasteiger partial charge in [-0.15, -0.1) is 0 Å². The van der Waals surface area contributed by atoms with Crippen LogP contribution in [0.4, 0.5) is 17.1 Å². The van der Waals surface area contributed by atoms with Gasteiger partial charge in [-0.1, -0.05) is 20.3 Å². The lowest BCUT2D eigenvalue weighted by Gasteiger charge is -2.38. The van der Waals surface area contributed by atoms with Crippen molar-refractivity contribution in [2.45, 2.75) is 77.7 Å². The number of carbonyl (C=O) groups is 3. The quantitative estimate of drug-likeness (QED) is 0.311. The highest BCUT2D eigenvalue weighted by Crippen LogP contribution is 2.59. The molecule has 7 atom stereocenters. The van der Waals surface area contributed by atoms with Crippen LogP contribution in [0.5, 0.6) is 5.75 Å². The molecule has 2 unspecified atom stereocenters. The van der Waals surface area contributed by atoms with Crippen LogP contribution < -0.4 is 20.3 Å². The fraction of sp³-hybridized carbons (Fsp3) is 0.559. The number of carbonyl (C=O) groups excluding carboxylic acids is 3. The predicted octanol–water partition coefficient (Wildman–Crippen LogP) is 4.29. The molecule has 3 heterocycles. The first kappa shape index (κ1) is 31.8. The van der Waals surface area contributed by atoms with Crippen LogP contribution in [0.3, 0.4) is 0 Å². The number of hydrogen-bond acceptors (Lipinski definition) is 7. The molecule has 3 aliphatic heterocycles. The smallest absolute Gasteiger partial charge is 0.250 e. The highest BCUT2D eigenvalue weighted by Gasteiger charge is 2.75. The zero-order chi connectivity index (χ0) is 31.6. The van der Waals surface area contributed by atoms with Gasteiger partial charge < -0.3 is 35.0 Å². The van der Waals surface area contributed by atoms with Crippen LogP contribution in [-0.2, 0) is 19.1 Å². The van der Waals surface area contributed by atoms with E-state index in [1.807, 2.05) is 45.0 Å². The van der Waals surface area contributed by atoms with Crippen LogP contribution in [-0.4, -0.2) is 77.8 Å². The first-order valence-electron chi connectivity index (χ1n) is 16.0. The number of ether oxygens (including phenoxy) is 2. The van der Waals surface area contributed by atoms with Gasteiger partial charge in [0.25, 0.3) is 0 Å². The molecule has 1 spiro atoms. The summed E-state index contributed by atoms with van der Waals surface area (Å²) in [5.74, 6) is -1.95. The molecule has 2 bridgehead atoms. The van der Waals surface area contributed by atoms with Crippen molar-refractivity contribution in [1.82, 2.24) is 4.90 Å². The van der Waals surface area contributed by atoms with Crippen LogP contribution in [0.1, 0.15) is 53.9 Å². The summed E-state index contributed by atoms with van der Waals surface area (Å²) in [6, 6.07) is 13.2. The van der Waals surface area contributed by atoms with Gasteiger partial charge in [0.05, 0.1) is 37.2 Å². The number of nitrogens with one attached hydrogen (secondary N) is 2. The third kappa shape index (κ3) is 5.54. The van der Waals surface area contributed by atoms with E-state index in [0.717, 1.165) is 18.8 Å². The van der Waals surface area contributed by atoms with Gasteiger partial charge in [-0.05, 0) is 88.1 Å². The molecule has 10 nitrogen and oxygen atoms in total. The summed E-state index contributed by atoms with van der Waals surface area (Å²) in [4.78, 5) is 46.2. The normalized spacial score (nSPS) is 26.7. The molecule has 0 aliphatic carbocycles. The van der Waals surface area contributed by atoms with Crippen LogP contribution in [0.15, 0.2) is 48.5 Å². The molecule has 3 aliphatic rings. The fourth-order valence-corrected chi connectivity index (χ4v) is 7.44. The molecule has 5 rings (SSSR count). The Bertz CT molecular complexity index is 1330. The van der Waals surface area contributed by atoms with Crippen molar-refractivity contribution in [3.8, 4) is 5.75 Å². The number of nitrogens with zero attached hydrogens (tertiary/aromatic N) is 2. The number of anilines is 3. The third-order valence-corrected chi connectivity index (χ3v) is 9.83. The molecule has 238 valence electrons. The standard InChI is InChI=1S/C34H46N4O6/c1-6-21(5)26(20-39)38-30(32(41)36-22-10-14-24(15-11-22)37(7-2)8-3)34-19-18-27(44-34)28(29(34)33(38)42)31(40)35-23-12-16-25(17-13-23)43-9-4/h10-17,21,26-30,39H,6-9,18-20H2,1-5H3,(H,35,40)(H,36,41)/t21-,26-,27-,28+,29-,30?,34?/m0/s1. The van der Waals surface area contributed by atoms with Crippen LogP contribution in [0.25, 0.3) is 0 Å². The minimum Gasteiger partial charge on any atom is -0.494 e. The molecule has 3 saturated heterocycles. The second kappa shape index (κ2) is 13.2. The van der Waals surface area contributed by atoms with E-state index in [4.69, 9.17) is 9.47 Å². The lowest BCUT2D eigenvalue weighted by molar-refractivity contribution is -0.144. The molecule has 10 heteroatoms. The molecule has 0 saturated carbocycles. The Morgan fingerprint density at radius 1 is 1.02 bits per heavy atom. The van der Waals surface area contributed by atoms with E-state index >= 15 is 0 Å². The van der Waals surface area contributed by atoms with Gasteiger partial charge in [0.2, 0.25) is 17.7 Å². The maximum Gasteiger partial charge on any atom is 0.250 e. The number of hydrogen-bond donors (Lipinski definition) is 3. The number of aliphatic hydroxyl groups excluding tert-OH is 1. The minimum absolute atomic E-state index is 0.0730. The van der Waals surface area contributed by atoms with E-state index < -0.39 is 35.6 Å². The van der Waals surface area contributed by atoms with Gasteiger partial charge in [0, 0.05) is 30.2 Å². The molecular formula is C34H46N4O6. The first-order valence-corrected chi connectivity index (χ1v) is 16.0. The fourth-order valence-electron chi connectivity index (χ4n) is 7.44. The molecule has 2 aromatic rings. The SMILES string of the molecule is CCOc1ccc(NC(=O)[C@@H]2[C@@H]3CCC4(O3)C(C(=O)Nc3ccc(N(CC)CC)cc3)N([C@@H](CO)[C@@H](C)CC)C(=O)[C@H]24)cc1. The molecule has 0 aromatic heterocycles. The van der Waals surface area contributed by atoms with E-state index in [9.17, 15) is 19.5 Å². The Hall–Kier alpha value is -3.63. The summed E-state index contributed by atoms with van der Waals surface area (Å²) in [5, 5.41) is 16.5. The van der Waals surface area contributed by atoms with E-state index in [0.29, 0.717) is 43.0 Å². The largest absolute Gasteiger partial charge is 0.494 e. The van der Waals surface area contributed by atoms with Crippen molar-refractivity contribution in [3.63, 3.8) is 0 Å². The van der Waals surface area contributed by atoms with Gasteiger partial charge in [0.15, 0.2) is 0 Å². The highest BCUT2D eigenvalue weighted by molar-refractivity contribution is 6.05. The first-order chi connectivity index (χ1) is 21.2. The number of benzene rings is 2. The molecule has 2 aromatic carbocycles. The summed E-state index contributed by atoms with van der Waals surface area (Å²) in [7, 11) is 0. The molecule has 44 heavy (non-hydrogen) atoms. The van der Waals surface area contributed by atoms with E-state index in [-0.39, 0.29) is 30.2 Å². The van der Waals surface area contributed by atoms with Gasteiger partial charge in [0.1, 0.15) is 17.4 Å². The Balaban J connectivity index is 1.45. The molecular weight excluding hydrogens is 560 g/mol. The lowest BCUT2D eigenvalue weighted by atomic mass is 9.70. The third-order valence-electron chi connectivity index (χ3n) is 9.83. The average Bonchev–Trinajstić information content (AvgIpc) is 3.67. The monoisotopic (exact) mass is 606 g/mol. The van der Waals surface area contributed by atoms with Crippen LogP contribution in [0, 0.1) is 17.8 Å².